The second-order valence-electron chi connectivity index (χ2n) is 4.45. The van der Waals surface area contributed by atoms with E-state index < -0.39 is 0 Å². The number of halogens is 2. The lowest BCUT2D eigenvalue weighted by atomic mass is 10.1. The van der Waals surface area contributed by atoms with Gasteiger partial charge in [0.1, 0.15) is 11.7 Å². The van der Waals surface area contributed by atoms with Gasteiger partial charge in [0, 0.05) is 23.8 Å². The maximum atomic E-state index is 6.26. The lowest BCUT2D eigenvalue weighted by Gasteiger charge is -2.34. The van der Waals surface area contributed by atoms with Gasteiger partial charge in [-0.1, -0.05) is 29.8 Å². The van der Waals surface area contributed by atoms with Gasteiger partial charge in [-0.15, -0.1) is 0 Å². The van der Waals surface area contributed by atoms with E-state index in [2.05, 4.69) is 21.9 Å². The average molecular weight is 319 g/mol. The minimum atomic E-state index is 0.531. The fourth-order valence-corrected chi connectivity index (χ4v) is 2.63. The first-order valence-electron chi connectivity index (χ1n) is 6.25. The normalized spacial score (nSPS) is 15.9. The van der Waals surface area contributed by atoms with E-state index in [1.54, 1.807) is 25.4 Å². The maximum Gasteiger partial charge on any atom is 0.157 e. The Balaban J connectivity index is 2.25. The minimum Gasteiger partial charge on any atom is -0.326 e. The van der Waals surface area contributed by atoms with Crippen LogP contribution in [0.25, 0.3) is 0 Å². The fraction of sp³-hybridized carbons (Fsp3) is 0.0667. The van der Waals surface area contributed by atoms with Gasteiger partial charge in [0.25, 0.3) is 0 Å². The first kappa shape index (κ1) is 13.9. The highest BCUT2D eigenvalue weighted by molar-refractivity contribution is 6.33. The molecule has 2 aromatic rings. The third kappa shape index (κ3) is 2.37. The van der Waals surface area contributed by atoms with Crippen LogP contribution in [0.1, 0.15) is 5.56 Å². The van der Waals surface area contributed by atoms with Crippen molar-refractivity contribution < 1.29 is 0 Å². The predicted octanol–water partition coefficient (Wildman–Crippen LogP) is 3.98. The molecular weight excluding hydrogens is 307 g/mol. The van der Waals surface area contributed by atoms with Gasteiger partial charge in [0.15, 0.2) is 5.82 Å². The zero-order valence-electron chi connectivity index (χ0n) is 11.3. The van der Waals surface area contributed by atoms with Crippen LogP contribution in [-0.2, 0) is 0 Å². The Hall–Kier alpha value is -2.04. The summed E-state index contributed by atoms with van der Waals surface area (Å²) in [6.45, 7) is 4.03. The van der Waals surface area contributed by atoms with Crippen LogP contribution in [0.5, 0.6) is 0 Å². The summed E-state index contributed by atoms with van der Waals surface area (Å²) in [5.74, 6) is 1.94. The molecule has 106 valence electrons. The van der Waals surface area contributed by atoms with Crippen molar-refractivity contribution in [3.63, 3.8) is 0 Å². The van der Waals surface area contributed by atoms with Gasteiger partial charge >= 0.3 is 0 Å². The molecule has 0 aliphatic carbocycles. The largest absolute Gasteiger partial charge is 0.326 e. The van der Waals surface area contributed by atoms with E-state index in [0.717, 1.165) is 17.1 Å². The van der Waals surface area contributed by atoms with E-state index in [-0.39, 0.29) is 0 Å². The second-order valence-corrected chi connectivity index (χ2v) is 5.29. The molecule has 4 nitrogen and oxygen atoms in total. The molecule has 0 unspecified atom stereocenters. The molecule has 0 amide bonds. The van der Waals surface area contributed by atoms with Gasteiger partial charge in [-0.2, -0.15) is 0 Å². The van der Waals surface area contributed by atoms with Gasteiger partial charge in [0.2, 0.25) is 0 Å². The summed E-state index contributed by atoms with van der Waals surface area (Å²) >= 11 is 12.4. The Morgan fingerprint density at radius 2 is 2.10 bits per heavy atom. The monoisotopic (exact) mass is 318 g/mol. The number of pyridine rings is 1. The number of fused-ring (bicyclic) bond motifs is 1. The van der Waals surface area contributed by atoms with E-state index in [0.29, 0.717) is 21.7 Å². The Labute approximate surface area is 132 Å². The summed E-state index contributed by atoms with van der Waals surface area (Å²) in [6, 6.07) is 9.14. The third-order valence-corrected chi connectivity index (χ3v) is 3.69. The summed E-state index contributed by atoms with van der Waals surface area (Å²) in [6.07, 6.45) is 1.68. The summed E-state index contributed by atoms with van der Waals surface area (Å²) in [5.41, 5.74) is 1.75. The number of benzene rings is 1. The fourth-order valence-electron chi connectivity index (χ4n) is 2.26. The number of nitrogens with zero attached hydrogens (tertiary/aromatic N) is 3. The molecule has 0 spiro atoms. The molecule has 0 atom stereocenters. The average Bonchev–Trinajstić information content (AvgIpc) is 2.47. The number of amidine groups is 1. The van der Waals surface area contributed by atoms with Crippen molar-refractivity contribution in [2.75, 3.05) is 11.9 Å². The van der Waals surface area contributed by atoms with Gasteiger partial charge in [0.05, 0.1) is 10.7 Å². The first-order valence-corrected chi connectivity index (χ1v) is 7.00. The molecule has 1 aliphatic rings. The molecule has 1 aliphatic heterocycles. The quantitative estimate of drug-likeness (QED) is 0.864. The van der Waals surface area contributed by atoms with Crippen LogP contribution in [0.2, 0.25) is 10.0 Å². The van der Waals surface area contributed by atoms with E-state index in [9.17, 15) is 0 Å². The van der Waals surface area contributed by atoms with E-state index in [4.69, 9.17) is 23.2 Å². The Morgan fingerprint density at radius 1 is 1.29 bits per heavy atom. The summed E-state index contributed by atoms with van der Waals surface area (Å²) in [7, 11) is 1.72. The van der Waals surface area contributed by atoms with E-state index in [1.165, 1.54) is 0 Å². The highest BCUT2D eigenvalue weighted by Gasteiger charge is 2.27. The molecule has 0 radical (unpaired) electrons. The molecule has 6 heteroatoms. The van der Waals surface area contributed by atoms with Crippen LogP contribution in [0.3, 0.4) is 0 Å². The second kappa shape index (κ2) is 5.39. The topological polar surface area (TPSA) is 40.5 Å². The van der Waals surface area contributed by atoms with Crippen molar-refractivity contribution in [2.45, 2.75) is 0 Å². The van der Waals surface area contributed by atoms with Gasteiger partial charge in [-0.05, 0) is 30.3 Å². The van der Waals surface area contributed by atoms with Crippen LogP contribution in [0.4, 0.5) is 11.5 Å². The molecule has 1 aromatic heterocycles. The molecule has 0 saturated carbocycles. The van der Waals surface area contributed by atoms with Crippen molar-refractivity contribution >= 4 is 40.5 Å². The van der Waals surface area contributed by atoms with Gasteiger partial charge in [-0.3, -0.25) is 9.89 Å². The zero-order chi connectivity index (χ0) is 15.0. The number of anilines is 2. The Morgan fingerprint density at radius 3 is 2.81 bits per heavy atom. The molecule has 0 bridgehead atoms. The van der Waals surface area contributed by atoms with E-state index in [1.807, 2.05) is 23.1 Å². The highest BCUT2D eigenvalue weighted by atomic mass is 35.5. The number of hydrogen-bond donors (Lipinski definition) is 1. The van der Waals surface area contributed by atoms with Gasteiger partial charge < -0.3 is 5.32 Å². The standard InChI is InChI=1S/C15H12Cl2N4/c1-9-20-14(18-2)11-6-5-10(16)8-13(11)21(9)15-12(17)4-3-7-19-15/h3-8H,1H2,2H3,(H,18,20). The highest BCUT2D eigenvalue weighted by Crippen LogP contribution is 2.38. The molecule has 0 fully saturated rings. The van der Waals surface area contributed by atoms with Crippen molar-refractivity contribution in [1.82, 2.24) is 10.3 Å². The van der Waals surface area contributed by atoms with Crippen molar-refractivity contribution in [3.8, 4) is 0 Å². The van der Waals surface area contributed by atoms with Crippen LogP contribution < -0.4 is 10.2 Å². The SMILES string of the molecule is C=C1NC(=NC)c2ccc(Cl)cc2N1c1ncccc1Cl. The van der Waals surface area contributed by atoms with E-state index >= 15 is 0 Å². The van der Waals surface area contributed by atoms with Crippen molar-refractivity contribution in [3.05, 3.63) is 64.5 Å². The molecule has 2 heterocycles. The number of aliphatic imine (C=N–C) groups is 1. The summed E-state index contributed by atoms with van der Waals surface area (Å²) < 4.78 is 0. The predicted molar refractivity (Wildman–Crippen MR) is 87.6 cm³/mol. The smallest absolute Gasteiger partial charge is 0.157 e. The minimum absolute atomic E-state index is 0.531. The first-order chi connectivity index (χ1) is 10.1. The zero-order valence-corrected chi connectivity index (χ0v) is 12.8. The molecule has 1 aromatic carbocycles. The Kier molecular flexibility index (Phi) is 3.57. The van der Waals surface area contributed by atoms with Crippen molar-refractivity contribution in [2.24, 2.45) is 4.99 Å². The lowest BCUT2D eigenvalue weighted by molar-refractivity contribution is 0.970. The van der Waals surface area contributed by atoms with Crippen molar-refractivity contribution in [1.29, 1.82) is 0 Å². The maximum absolute atomic E-state index is 6.26. The number of hydrogen-bond acceptors (Lipinski definition) is 3. The number of aromatic nitrogens is 1. The molecule has 3 rings (SSSR count). The van der Waals surface area contributed by atoms with Crippen LogP contribution in [0, 0.1) is 0 Å². The molecule has 1 N–H and O–H groups in total. The third-order valence-electron chi connectivity index (χ3n) is 3.16. The van der Waals surface area contributed by atoms with Crippen LogP contribution >= 0.6 is 23.2 Å². The number of nitrogens with one attached hydrogen (secondary N) is 1. The number of rotatable bonds is 1. The Bertz CT molecular complexity index is 755. The van der Waals surface area contributed by atoms with Crippen LogP contribution in [0.15, 0.2) is 53.9 Å². The summed E-state index contributed by atoms with van der Waals surface area (Å²) in [5, 5.41) is 4.31. The molecule has 0 saturated heterocycles. The lowest BCUT2D eigenvalue weighted by Crippen LogP contribution is -2.39. The van der Waals surface area contributed by atoms with Gasteiger partial charge in [-0.25, -0.2) is 4.98 Å². The molecular formula is C15H12Cl2N4. The van der Waals surface area contributed by atoms with Crippen LogP contribution in [-0.4, -0.2) is 17.9 Å². The summed E-state index contributed by atoms with van der Waals surface area (Å²) in [4.78, 5) is 10.4. The molecule has 21 heavy (non-hydrogen) atoms.